The van der Waals surface area contributed by atoms with Gasteiger partial charge in [0.15, 0.2) is 0 Å². The van der Waals surface area contributed by atoms with Gasteiger partial charge in [-0.1, -0.05) is 37.1 Å². The van der Waals surface area contributed by atoms with Gasteiger partial charge in [0, 0.05) is 25.2 Å². The highest BCUT2D eigenvalue weighted by Gasteiger charge is 2.30. The summed E-state index contributed by atoms with van der Waals surface area (Å²) in [5.74, 6) is 1.03. The van der Waals surface area contributed by atoms with Crippen molar-refractivity contribution in [1.29, 1.82) is 0 Å². The van der Waals surface area contributed by atoms with Crippen LogP contribution in [0.1, 0.15) is 48.8 Å². The molecule has 2 aromatic carbocycles. The van der Waals surface area contributed by atoms with Gasteiger partial charge in [-0.25, -0.2) is 0 Å². The number of ether oxygens (including phenoxy) is 1. The number of hydrogen-bond acceptors (Lipinski definition) is 4. The van der Waals surface area contributed by atoms with Gasteiger partial charge in [0.25, 0.3) is 0 Å². The Morgan fingerprint density at radius 3 is 2.76 bits per heavy atom. The predicted molar refractivity (Wildman–Crippen MR) is 130 cm³/mol. The second-order valence-corrected chi connectivity index (χ2v) is 9.20. The van der Waals surface area contributed by atoms with Gasteiger partial charge in [-0.2, -0.15) is 0 Å². The summed E-state index contributed by atoms with van der Waals surface area (Å²) in [5.41, 5.74) is 4.21. The molecule has 2 aliphatic rings. The Balaban J connectivity index is 1.37. The summed E-state index contributed by atoms with van der Waals surface area (Å²) in [6, 6.07) is 13.9. The Kier molecular flexibility index (Phi) is 7.65. The molecule has 0 radical (unpaired) electrons. The highest BCUT2D eigenvalue weighted by atomic mass is 16.5. The van der Waals surface area contributed by atoms with Gasteiger partial charge in [-0.15, -0.1) is 0 Å². The van der Waals surface area contributed by atoms with Crippen molar-refractivity contribution >= 4 is 17.5 Å². The molecule has 6 nitrogen and oxygen atoms in total. The quantitative estimate of drug-likeness (QED) is 0.724. The summed E-state index contributed by atoms with van der Waals surface area (Å²) in [6.45, 7) is 2.37. The number of likely N-dealkylation sites (tertiary alicyclic amines) is 1. The smallest absolute Gasteiger partial charge is 0.240 e. The minimum Gasteiger partial charge on any atom is -0.496 e. The Labute approximate surface area is 196 Å². The summed E-state index contributed by atoms with van der Waals surface area (Å²) < 4.78 is 5.38. The monoisotopic (exact) mass is 449 g/mol. The Morgan fingerprint density at radius 1 is 1.06 bits per heavy atom. The maximum atomic E-state index is 13.3. The number of aryl methyl sites for hydroxylation is 1. The van der Waals surface area contributed by atoms with Gasteiger partial charge >= 0.3 is 0 Å². The summed E-state index contributed by atoms with van der Waals surface area (Å²) in [7, 11) is 3.72. The molecule has 33 heavy (non-hydrogen) atoms. The van der Waals surface area contributed by atoms with Crippen LogP contribution in [0.3, 0.4) is 0 Å². The molecular formula is C27H35N3O3. The van der Waals surface area contributed by atoms with E-state index in [-0.39, 0.29) is 17.9 Å². The molecule has 1 N–H and O–H groups in total. The van der Waals surface area contributed by atoms with Crippen LogP contribution < -0.4 is 10.1 Å². The van der Waals surface area contributed by atoms with Crippen LogP contribution in [0.25, 0.3) is 0 Å². The zero-order valence-corrected chi connectivity index (χ0v) is 19.8. The van der Waals surface area contributed by atoms with E-state index in [0.717, 1.165) is 54.9 Å². The van der Waals surface area contributed by atoms with E-state index in [9.17, 15) is 9.59 Å². The molecule has 0 unspecified atom stereocenters. The zero-order valence-electron chi connectivity index (χ0n) is 19.8. The minimum absolute atomic E-state index is 0.00749. The molecule has 0 bridgehead atoms. The van der Waals surface area contributed by atoms with Gasteiger partial charge in [0.1, 0.15) is 5.75 Å². The molecule has 0 spiro atoms. The number of benzene rings is 2. The fraction of sp³-hybridized carbons (Fsp3) is 0.481. The van der Waals surface area contributed by atoms with E-state index in [0.29, 0.717) is 19.4 Å². The lowest BCUT2D eigenvalue weighted by Crippen LogP contribution is -2.48. The number of para-hydroxylation sites is 1. The van der Waals surface area contributed by atoms with E-state index < -0.39 is 0 Å². The number of carbonyl (C=O) groups is 2. The molecule has 4 rings (SSSR count). The predicted octanol–water partition coefficient (Wildman–Crippen LogP) is 4.03. The highest BCUT2D eigenvalue weighted by molar-refractivity contribution is 5.91. The van der Waals surface area contributed by atoms with E-state index in [1.807, 2.05) is 41.3 Å². The molecule has 2 heterocycles. The summed E-state index contributed by atoms with van der Waals surface area (Å²) in [6.07, 6.45) is 6.31. The largest absolute Gasteiger partial charge is 0.496 e. The third-order valence-corrected chi connectivity index (χ3v) is 6.93. The molecule has 1 fully saturated rings. The Bertz CT molecular complexity index is 990. The fourth-order valence-electron chi connectivity index (χ4n) is 4.98. The van der Waals surface area contributed by atoms with Crippen molar-refractivity contribution in [3.05, 3.63) is 59.2 Å². The van der Waals surface area contributed by atoms with Crippen LogP contribution in [0.5, 0.6) is 5.75 Å². The van der Waals surface area contributed by atoms with Crippen LogP contribution >= 0.6 is 0 Å². The second-order valence-electron chi connectivity index (χ2n) is 9.20. The van der Waals surface area contributed by atoms with Crippen LogP contribution in [0.2, 0.25) is 0 Å². The van der Waals surface area contributed by atoms with Crippen molar-refractivity contribution in [2.75, 3.05) is 32.6 Å². The van der Waals surface area contributed by atoms with E-state index in [4.69, 9.17) is 4.74 Å². The number of anilines is 1. The number of hydrogen-bond donors (Lipinski definition) is 1. The molecular weight excluding hydrogens is 414 g/mol. The number of carbonyl (C=O) groups excluding carboxylic acids is 2. The number of methoxy groups -OCH3 is 1. The van der Waals surface area contributed by atoms with Crippen LogP contribution in [0.4, 0.5) is 5.69 Å². The molecule has 0 aromatic heterocycles. The molecule has 2 aromatic rings. The fourth-order valence-corrected chi connectivity index (χ4v) is 4.98. The zero-order chi connectivity index (χ0) is 23.2. The van der Waals surface area contributed by atoms with Crippen LogP contribution in [-0.2, 0) is 29.0 Å². The molecule has 6 heteroatoms. The van der Waals surface area contributed by atoms with Gasteiger partial charge in [0.05, 0.1) is 13.2 Å². The Hall–Kier alpha value is -2.86. The number of fused-ring (bicyclic) bond motifs is 1. The number of nitrogens with one attached hydrogen (secondary N) is 1. The maximum absolute atomic E-state index is 13.3. The lowest BCUT2D eigenvalue weighted by atomic mass is 9.97. The van der Waals surface area contributed by atoms with Crippen molar-refractivity contribution in [2.45, 2.75) is 57.5 Å². The molecule has 2 amide bonds. The average molecular weight is 450 g/mol. The van der Waals surface area contributed by atoms with Crippen molar-refractivity contribution in [3.63, 3.8) is 0 Å². The molecule has 1 saturated heterocycles. The lowest BCUT2D eigenvalue weighted by molar-refractivity contribution is -0.137. The van der Waals surface area contributed by atoms with Crippen molar-refractivity contribution < 1.29 is 14.3 Å². The average Bonchev–Trinajstić information content (AvgIpc) is 3.06. The van der Waals surface area contributed by atoms with Crippen LogP contribution in [-0.4, -0.2) is 54.9 Å². The van der Waals surface area contributed by atoms with Crippen LogP contribution in [0, 0.1) is 0 Å². The van der Waals surface area contributed by atoms with E-state index in [2.05, 4.69) is 23.3 Å². The van der Waals surface area contributed by atoms with Crippen molar-refractivity contribution in [1.82, 2.24) is 9.80 Å². The lowest BCUT2D eigenvalue weighted by Gasteiger charge is -2.34. The van der Waals surface area contributed by atoms with E-state index in [1.54, 1.807) is 7.11 Å². The molecule has 1 atom stereocenters. The first-order valence-electron chi connectivity index (χ1n) is 12.1. The first-order valence-corrected chi connectivity index (χ1v) is 12.1. The van der Waals surface area contributed by atoms with Crippen molar-refractivity contribution in [3.8, 4) is 5.75 Å². The molecule has 2 aliphatic heterocycles. The number of rotatable bonds is 6. The minimum atomic E-state index is -0.0234. The second kappa shape index (κ2) is 10.8. The van der Waals surface area contributed by atoms with Crippen LogP contribution in [0.15, 0.2) is 42.5 Å². The number of likely N-dealkylation sites (N-methyl/N-ethyl adjacent to an activating group) is 1. The van der Waals surface area contributed by atoms with Gasteiger partial charge < -0.3 is 15.0 Å². The molecule has 176 valence electrons. The summed E-state index contributed by atoms with van der Waals surface area (Å²) in [4.78, 5) is 30.1. The van der Waals surface area contributed by atoms with E-state index >= 15 is 0 Å². The SMILES string of the molecule is COc1ccccc1CCC(=O)Nc1ccc2c(c1)CN(C(=O)[C@H]1CCCCCN1C)CC2. The summed E-state index contributed by atoms with van der Waals surface area (Å²) >= 11 is 0. The third kappa shape index (κ3) is 5.74. The molecule has 0 aliphatic carbocycles. The van der Waals surface area contributed by atoms with E-state index in [1.165, 1.54) is 18.4 Å². The van der Waals surface area contributed by atoms with Gasteiger partial charge in [0.2, 0.25) is 11.8 Å². The highest BCUT2D eigenvalue weighted by Crippen LogP contribution is 2.26. The molecule has 0 saturated carbocycles. The normalized spacial score (nSPS) is 18.8. The maximum Gasteiger partial charge on any atom is 0.240 e. The number of amides is 2. The first kappa shape index (κ1) is 23.3. The topological polar surface area (TPSA) is 61.9 Å². The Morgan fingerprint density at radius 2 is 1.91 bits per heavy atom. The van der Waals surface area contributed by atoms with Crippen molar-refractivity contribution in [2.24, 2.45) is 0 Å². The van der Waals surface area contributed by atoms with Gasteiger partial charge in [-0.3, -0.25) is 14.5 Å². The summed E-state index contributed by atoms with van der Waals surface area (Å²) in [5, 5.41) is 3.03. The first-order chi connectivity index (χ1) is 16.0. The van der Waals surface area contributed by atoms with Gasteiger partial charge in [-0.05, 0) is 74.2 Å². The third-order valence-electron chi connectivity index (χ3n) is 6.93. The standard InChI is InChI=1S/C27H35N3O3/c1-29-16-7-3-4-9-24(29)27(32)30-17-15-20-11-13-23(18-22(20)19-30)28-26(31)14-12-21-8-5-6-10-25(21)33-2/h5-6,8,10-11,13,18,24H,3-4,7,9,12,14-17,19H2,1-2H3,(H,28,31)/t24-/m1/s1. The number of nitrogens with zero attached hydrogens (tertiary/aromatic N) is 2.